The summed E-state index contributed by atoms with van der Waals surface area (Å²) in [4.78, 5) is 11.1. The number of halogens is 1. The third kappa shape index (κ3) is 4.00. The zero-order valence-corrected chi connectivity index (χ0v) is 9.85. The number of methoxy groups -OCH3 is 1. The van der Waals surface area contributed by atoms with E-state index in [1.54, 1.807) is 19.1 Å². The van der Waals surface area contributed by atoms with Crippen LogP contribution in [0.4, 0.5) is 4.39 Å². The predicted molar refractivity (Wildman–Crippen MR) is 62.0 cm³/mol. The standard InChI is InChI=1S/C13H15FO3/c1-3-17-13(15)11(14)9-12(16-2)10-7-5-4-6-8-10/h4-9,12H,3H2,1-2H3/b11-9+. The molecule has 1 aromatic rings. The van der Waals surface area contributed by atoms with E-state index in [1.165, 1.54) is 7.11 Å². The van der Waals surface area contributed by atoms with Crippen LogP contribution in [0.15, 0.2) is 42.2 Å². The van der Waals surface area contributed by atoms with Gasteiger partial charge in [-0.3, -0.25) is 0 Å². The van der Waals surface area contributed by atoms with Gasteiger partial charge in [-0.25, -0.2) is 4.79 Å². The Morgan fingerprint density at radius 1 is 1.41 bits per heavy atom. The van der Waals surface area contributed by atoms with Gasteiger partial charge in [-0.05, 0) is 18.6 Å². The fraction of sp³-hybridized carbons (Fsp3) is 0.308. The molecule has 0 saturated heterocycles. The van der Waals surface area contributed by atoms with E-state index < -0.39 is 17.9 Å². The first kappa shape index (κ1) is 13.4. The number of hydrogen-bond donors (Lipinski definition) is 0. The molecule has 0 aliphatic heterocycles. The van der Waals surface area contributed by atoms with Gasteiger partial charge in [0.05, 0.1) is 6.61 Å². The molecule has 0 spiro atoms. The number of benzene rings is 1. The molecule has 1 rings (SSSR count). The van der Waals surface area contributed by atoms with Gasteiger partial charge < -0.3 is 9.47 Å². The van der Waals surface area contributed by atoms with Crippen molar-refractivity contribution in [2.75, 3.05) is 13.7 Å². The average Bonchev–Trinajstić information content (AvgIpc) is 2.37. The molecule has 1 atom stereocenters. The van der Waals surface area contributed by atoms with Gasteiger partial charge in [0.15, 0.2) is 0 Å². The van der Waals surface area contributed by atoms with E-state index in [0.29, 0.717) is 0 Å². The quantitative estimate of drug-likeness (QED) is 0.584. The van der Waals surface area contributed by atoms with Gasteiger partial charge in [-0.1, -0.05) is 30.3 Å². The average molecular weight is 238 g/mol. The second-order valence-electron chi connectivity index (χ2n) is 3.30. The Morgan fingerprint density at radius 3 is 2.59 bits per heavy atom. The number of carbonyl (C=O) groups excluding carboxylic acids is 1. The van der Waals surface area contributed by atoms with Crippen molar-refractivity contribution in [3.8, 4) is 0 Å². The van der Waals surface area contributed by atoms with E-state index in [-0.39, 0.29) is 6.61 Å². The Morgan fingerprint density at radius 2 is 2.06 bits per heavy atom. The summed E-state index contributed by atoms with van der Waals surface area (Å²) in [5.41, 5.74) is 0.773. The van der Waals surface area contributed by atoms with Crippen molar-refractivity contribution in [1.29, 1.82) is 0 Å². The molecule has 0 heterocycles. The van der Waals surface area contributed by atoms with Gasteiger partial charge in [-0.2, -0.15) is 4.39 Å². The summed E-state index contributed by atoms with van der Waals surface area (Å²) in [5, 5.41) is 0. The molecular formula is C13H15FO3. The van der Waals surface area contributed by atoms with E-state index in [0.717, 1.165) is 11.6 Å². The van der Waals surface area contributed by atoms with Crippen LogP contribution in [0.2, 0.25) is 0 Å². The lowest BCUT2D eigenvalue weighted by Crippen LogP contribution is -2.07. The number of rotatable bonds is 5. The summed E-state index contributed by atoms with van der Waals surface area (Å²) < 4.78 is 23.1. The minimum absolute atomic E-state index is 0.142. The van der Waals surface area contributed by atoms with Gasteiger partial charge in [-0.15, -0.1) is 0 Å². The zero-order chi connectivity index (χ0) is 12.7. The highest BCUT2D eigenvalue weighted by Gasteiger charge is 2.14. The molecule has 0 N–H and O–H groups in total. The lowest BCUT2D eigenvalue weighted by molar-refractivity contribution is -0.140. The minimum atomic E-state index is -0.967. The molecule has 0 aromatic heterocycles. The summed E-state index contributed by atoms with van der Waals surface area (Å²) in [5.74, 6) is -1.91. The van der Waals surface area contributed by atoms with E-state index in [1.807, 2.05) is 18.2 Å². The van der Waals surface area contributed by atoms with Crippen LogP contribution in [0.5, 0.6) is 0 Å². The largest absolute Gasteiger partial charge is 0.461 e. The molecule has 4 heteroatoms. The monoisotopic (exact) mass is 238 g/mol. The second-order valence-corrected chi connectivity index (χ2v) is 3.30. The third-order valence-electron chi connectivity index (χ3n) is 2.15. The lowest BCUT2D eigenvalue weighted by Gasteiger charge is -2.11. The van der Waals surface area contributed by atoms with Crippen LogP contribution in [0.3, 0.4) is 0 Å². The molecule has 1 aromatic carbocycles. The molecule has 0 bridgehead atoms. The van der Waals surface area contributed by atoms with Crippen molar-refractivity contribution in [1.82, 2.24) is 0 Å². The Hall–Kier alpha value is -1.68. The van der Waals surface area contributed by atoms with Crippen LogP contribution in [-0.4, -0.2) is 19.7 Å². The molecule has 17 heavy (non-hydrogen) atoms. The van der Waals surface area contributed by atoms with Crippen LogP contribution < -0.4 is 0 Å². The Balaban J connectivity index is 2.82. The van der Waals surface area contributed by atoms with Crippen molar-refractivity contribution in [3.05, 3.63) is 47.8 Å². The van der Waals surface area contributed by atoms with Crippen molar-refractivity contribution in [2.45, 2.75) is 13.0 Å². The van der Waals surface area contributed by atoms with Crippen LogP contribution in [0.1, 0.15) is 18.6 Å². The highest BCUT2D eigenvalue weighted by Crippen LogP contribution is 2.20. The topological polar surface area (TPSA) is 35.5 Å². The Bertz CT molecular complexity index is 387. The summed E-state index contributed by atoms with van der Waals surface area (Å²) >= 11 is 0. The van der Waals surface area contributed by atoms with Crippen LogP contribution in [0, 0.1) is 0 Å². The summed E-state index contributed by atoms with van der Waals surface area (Å²) in [7, 11) is 1.45. The second kappa shape index (κ2) is 6.81. The van der Waals surface area contributed by atoms with E-state index in [4.69, 9.17) is 4.74 Å². The van der Waals surface area contributed by atoms with Crippen molar-refractivity contribution in [3.63, 3.8) is 0 Å². The number of esters is 1. The fourth-order valence-electron chi connectivity index (χ4n) is 1.34. The third-order valence-corrected chi connectivity index (χ3v) is 2.15. The highest BCUT2D eigenvalue weighted by molar-refractivity contribution is 5.86. The molecule has 0 aliphatic carbocycles. The number of hydrogen-bond acceptors (Lipinski definition) is 3. The zero-order valence-electron chi connectivity index (χ0n) is 9.85. The number of carbonyl (C=O) groups is 1. The summed E-state index contributed by atoms with van der Waals surface area (Å²) in [6.45, 7) is 1.76. The molecule has 92 valence electrons. The molecule has 0 radical (unpaired) electrons. The van der Waals surface area contributed by atoms with Crippen molar-refractivity contribution in [2.24, 2.45) is 0 Å². The van der Waals surface area contributed by atoms with Gasteiger partial charge in [0.25, 0.3) is 0 Å². The molecule has 0 amide bonds. The predicted octanol–water partition coefficient (Wildman–Crippen LogP) is 2.79. The smallest absolute Gasteiger partial charge is 0.366 e. The van der Waals surface area contributed by atoms with E-state index in [2.05, 4.69) is 4.74 Å². The normalized spacial score (nSPS) is 13.2. The SMILES string of the molecule is CCOC(=O)/C(F)=C\C(OC)c1ccccc1. The maximum absolute atomic E-state index is 13.4. The molecule has 0 saturated carbocycles. The van der Waals surface area contributed by atoms with Crippen molar-refractivity contribution < 1.29 is 18.7 Å². The van der Waals surface area contributed by atoms with Crippen LogP contribution in [0.25, 0.3) is 0 Å². The molecular weight excluding hydrogens is 223 g/mol. The lowest BCUT2D eigenvalue weighted by atomic mass is 10.1. The van der Waals surface area contributed by atoms with Crippen LogP contribution in [-0.2, 0) is 14.3 Å². The Labute approximate surface area is 99.9 Å². The Kier molecular flexibility index (Phi) is 5.36. The van der Waals surface area contributed by atoms with Gasteiger partial charge in [0, 0.05) is 7.11 Å². The maximum atomic E-state index is 13.4. The fourth-order valence-corrected chi connectivity index (χ4v) is 1.34. The van der Waals surface area contributed by atoms with Gasteiger partial charge in [0.2, 0.25) is 5.83 Å². The number of ether oxygens (including phenoxy) is 2. The van der Waals surface area contributed by atoms with Gasteiger partial charge in [0.1, 0.15) is 6.10 Å². The van der Waals surface area contributed by atoms with Crippen molar-refractivity contribution >= 4 is 5.97 Å². The first-order chi connectivity index (χ1) is 8.19. The molecule has 0 aliphatic rings. The minimum Gasteiger partial charge on any atom is -0.461 e. The molecule has 0 fully saturated rings. The van der Waals surface area contributed by atoms with E-state index in [9.17, 15) is 9.18 Å². The molecule has 3 nitrogen and oxygen atoms in total. The van der Waals surface area contributed by atoms with E-state index >= 15 is 0 Å². The summed E-state index contributed by atoms with van der Waals surface area (Å²) in [6.07, 6.45) is 0.508. The van der Waals surface area contributed by atoms with Crippen LogP contribution >= 0.6 is 0 Å². The highest BCUT2D eigenvalue weighted by atomic mass is 19.1. The maximum Gasteiger partial charge on any atom is 0.366 e. The first-order valence-electron chi connectivity index (χ1n) is 5.31. The summed E-state index contributed by atoms with van der Waals surface area (Å²) in [6, 6.07) is 9.07. The first-order valence-corrected chi connectivity index (χ1v) is 5.31. The van der Waals surface area contributed by atoms with Gasteiger partial charge >= 0.3 is 5.97 Å². The molecule has 1 unspecified atom stereocenters.